The first-order valence-electron chi connectivity index (χ1n) is 51.4. The molecule has 0 aliphatic heterocycles. The zero-order valence-electron chi connectivity index (χ0n) is 83.1. The fraction of sp³-hybridized carbons (Fsp3) is 0.0638. The predicted molar refractivity (Wildman–Crippen MR) is 621 cm³/mol. The lowest BCUT2D eigenvalue weighted by Gasteiger charge is -2.26. The topological polar surface area (TPSA) is 103 Å². The average molecular weight is 1900 g/mol. The Morgan fingerprint density at radius 1 is 0.168 bits per heavy atom. The highest BCUT2D eigenvalue weighted by molar-refractivity contribution is 6.20. The third-order valence-electron chi connectivity index (χ3n) is 31.7. The molecule has 19 aromatic carbocycles. The van der Waals surface area contributed by atoms with E-state index in [2.05, 4.69) is 489 Å². The molecule has 3 aliphatic carbocycles. The molecule has 8 heteroatoms. The molecule has 0 amide bonds. The average Bonchev–Trinajstić information content (AvgIpc) is 1.57. The summed E-state index contributed by atoms with van der Waals surface area (Å²) < 4.78 is 0. The minimum absolute atomic E-state index is 0.198. The molecule has 8 nitrogen and oxygen atoms in total. The van der Waals surface area contributed by atoms with Crippen LogP contribution in [0.4, 0.5) is 0 Å². The molecule has 8 aromatic heterocycles. The minimum atomic E-state index is -0.224. The van der Waals surface area contributed by atoms with Gasteiger partial charge in [0.25, 0.3) is 0 Å². The zero-order valence-corrected chi connectivity index (χ0v) is 83.1. The van der Waals surface area contributed by atoms with E-state index in [1.807, 2.05) is 30.6 Å². The van der Waals surface area contributed by atoms with Gasteiger partial charge in [-0.25, -0.2) is 29.9 Å². The predicted octanol–water partition coefficient (Wildman–Crippen LogP) is 36.5. The summed E-state index contributed by atoms with van der Waals surface area (Å²) in [5, 5.41) is 16.5. The summed E-state index contributed by atoms with van der Waals surface area (Å²) in [4.78, 5) is 41.1. The summed E-state index contributed by atoms with van der Waals surface area (Å²) in [5.74, 6) is 0. The summed E-state index contributed by atoms with van der Waals surface area (Å²) in [7, 11) is 0. The van der Waals surface area contributed by atoms with Crippen molar-refractivity contribution in [2.24, 2.45) is 0 Å². The van der Waals surface area contributed by atoms with Crippen LogP contribution in [0, 0.1) is 0 Å². The molecule has 149 heavy (non-hydrogen) atoms. The lowest BCUT2D eigenvalue weighted by Crippen LogP contribution is -2.16. The molecule has 30 rings (SSSR count). The first kappa shape index (κ1) is 88.0. The quantitative estimate of drug-likeness (QED) is 0.125. The number of fused-ring (bicyclic) bond motifs is 25. The summed E-state index contributed by atoms with van der Waals surface area (Å²) in [6.45, 7) is 14.1. The molecule has 0 atom stereocenters. The summed E-state index contributed by atoms with van der Waals surface area (Å²) in [5.41, 5.74) is 44.8. The number of rotatable bonds is 10. The van der Waals surface area contributed by atoms with Crippen LogP contribution < -0.4 is 0 Å². The lowest BCUT2D eigenvalue weighted by molar-refractivity contribution is 0.661. The Morgan fingerprint density at radius 2 is 0.423 bits per heavy atom. The SMILES string of the molecule is CC1(C)c2ccccc2-c2nc3ccc4ccccc4c3c(-c3cccc(-c4cccc(-c5ccc6ccc7ccc(-c8ccccc8)nc7c6n5)c4)c3)c21.CC1(C)c2ccccc2-c2nc3ccc4ccccc4c3c(-c3cccc(-c4cccc(-c5ccc6ccc7cccnc7c6n5)c4)c3)c21.CC1(C)c2ccccc2-c2nc3ccc4ccccc4c3c(-c3cccc(-c4cccc(-c5cccc6cccnc56)c4)c3)c21. The maximum atomic E-state index is 5.40. The van der Waals surface area contributed by atoms with Gasteiger partial charge in [-0.2, -0.15) is 0 Å². The molecule has 3 aliphatic rings. The highest BCUT2D eigenvalue weighted by Crippen LogP contribution is 2.59. The second-order valence-electron chi connectivity index (χ2n) is 41.4. The van der Waals surface area contributed by atoms with Crippen molar-refractivity contribution in [2.75, 3.05) is 0 Å². The van der Waals surface area contributed by atoms with Gasteiger partial charge in [0.2, 0.25) is 0 Å². The van der Waals surface area contributed by atoms with Crippen molar-refractivity contribution in [3.05, 3.63) is 507 Å². The molecule has 8 heterocycles. The monoisotopic (exact) mass is 1900 g/mol. The largest absolute Gasteiger partial charge is 0.256 e. The third-order valence-corrected chi connectivity index (χ3v) is 31.7. The molecule has 0 radical (unpaired) electrons. The lowest BCUT2D eigenvalue weighted by atomic mass is 9.77. The van der Waals surface area contributed by atoms with Gasteiger partial charge in [0, 0.05) is 111 Å². The van der Waals surface area contributed by atoms with Gasteiger partial charge in [0.05, 0.1) is 78.3 Å². The molecule has 0 saturated carbocycles. The third kappa shape index (κ3) is 14.5. The van der Waals surface area contributed by atoms with Crippen molar-refractivity contribution in [1.82, 2.24) is 39.9 Å². The van der Waals surface area contributed by atoms with E-state index >= 15 is 0 Å². The number of benzene rings is 19. The van der Waals surface area contributed by atoms with E-state index in [0.717, 1.165) is 144 Å². The molecule has 0 N–H and O–H groups in total. The van der Waals surface area contributed by atoms with Crippen LogP contribution in [0.3, 0.4) is 0 Å². The number of hydrogen-bond acceptors (Lipinski definition) is 8. The number of aromatic nitrogens is 8. The van der Waals surface area contributed by atoms with Crippen molar-refractivity contribution in [1.29, 1.82) is 0 Å². The number of nitrogens with zero attached hydrogens (tertiary/aromatic N) is 8. The van der Waals surface area contributed by atoms with Crippen LogP contribution >= 0.6 is 0 Å². The van der Waals surface area contributed by atoms with Gasteiger partial charge in [-0.1, -0.05) is 418 Å². The summed E-state index contributed by atoms with van der Waals surface area (Å²) in [6, 6.07) is 166. The number of pyridine rings is 8. The summed E-state index contributed by atoms with van der Waals surface area (Å²) >= 11 is 0. The van der Waals surface area contributed by atoms with E-state index in [9.17, 15) is 0 Å². The van der Waals surface area contributed by atoms with Crippen molar-refractivity contribution in [3.63, 3.8) is 0 Å². The van der Waals surface area contributed by atoms with Gasteiger partial charge in [-0.15, -0.1) is 0 Å². The van der Waals surface area contributed by atoms with Crippen LogP contribution in [0.1, 0.15) is 74.9 Å². The Morgan fingerprint density at radius 3 is 0.819 bits per heavy atom. The van der Waals surface area contributed by atoms with Crippen LogP contribution in [0.2, 0.25) is 0 Å². The number of para-hydroxylation sites is 1. The normalized spacial score (nSPS) is 13.2. The van der Waals surface area contributed by atoms with E-state index < -0.39 is 0 Å². The van der Waals surface area contributed by atoms with Crippen molar-refractivity contribution in [3.8, 4) is 145 Å². The Hall–Kier alpha value is -18.8. The standard InChI is InChI=1S/C52H35N3.C46H31N3.C43H30N2/c1-52(2)42-21-9-8-20-41(42)51-48(52)46(47-40-19-7-6-12-32(40)24-29-45(47)55-51)39-18-11-16-37(31-39)36-15-10-17-38(30-36)44-28-26-35-23-22-34-25-27-43(33-13-4-3-5-14-33)53-49(34)50(35)54-44;1-46(2)37-18-6-5-17-36(37)45-42(46)40(41-35-16-4-3-10-28(35)21-24-39(41)49-45)34-14-8-12-32(27-34)31-11-7-13-33(26-31)38-23-22-30-20-19-29-15-9-25-47-43(29)44(30)48-38;1-43(2)36-21-6-5-19-35(36)42-40(43)38(39-33-18-4-3-11-27(33)22-23-37(39)45-42)32-16-8-14-30(26-32)29-13-7-15-31(25-29)34-20-9-12-28-17-10-24-44-41(28)34/h3-31H,1-2H3;3-27H,1-2H3;3-26H,1-2H3. The van der Waals surface area contributed by atoms with Gasteiger partial charge in [-0.05, 0) is 223 Å². The molecular weight excluding hydrogens is 1810 g/mol. The van der Waals surface area contributed by atoms with E-state index in [4.69, 9.17) is 34.9 Å². The Kier molecular flexibility index (Phi) is 20.5. The van der Waals surface area contributed by atoms with E-state index in [-0.39, 0.29) is 16.2 Å². The Balaban J connectivity index is 0.000000108. The second-order valence-corrected chi connectivity index (χ2v) is 41.4. The fourth-order valence-electron chi connectivity index (χ4n) is 24.6. The Bertz CT molecular complexity index is 10300. The second kappa shape index (κ2) is 34.8. The van der Waals surface area contributed by atoms with Crippen molar-refractivity contribution < 1.29 is 0 Å². The van der Waals surface area contributed by atoms with E-state index in [0.29, 0.717) is 0 Å². The maximum absolute atomic E-state index is 5.40. The molecule has 27 aromatic rings. The fourth-order valence-corrected chi connectivity index (χ4v) is 24.6. The first-order chi connectivity index (χ1) is 73.1. The van der Waals surface area contributed by atoms with Gasteiger partial charge in [0.1, 0.15) is 0 Å². The molecule has 700 valence electrons. The molecule has 0 unspecified atom stereocenters. The smallest absolute Gasteiger partial charge is 0.0972 e. The van der Waals surface area contributed by atoms with E-state index in [1.165, 1.54) is 154 Å². The van der Waals surface area contributed by atoms with Gasteiger partial charge >= 0.3 is 0 Å². The maximum Gasteiger partial charge on any atom is 0.0972 e. The van der Waals surface area contributed by atoms with Crippen LogP contribution in [0.15, 0.2) is 473 Å². The molecule has 0 bridgehead atoms. The molecule has 0 spiro atoms. The van der Waals surface area contributed by atoms with Gasteiger partial charge < -0.3 is 0 Å². The molecular formula is C141H96N8. The van der Waals surface area contributed by atoms with Crippen LogP contribution in [-0.4, -0.2) is 39.9 Å². The first-order valence-corrected chi connectivity index (χ1v) is 51.4. The van der Waals surface area contributed by atoms with E-state index in [1.54, 1.807) is 0 Å². The van der Waals surface area contributed by atoms with Crippen LogP contribution in [-0.2, 0) is 16.2 Å². The van der Waals surface area contributed by atoms with Crippen LogP contribution in [0.25, 0.3) is 265 Å². The van der Waals surface area contributed by atoms with Crippen molar-refractivity contribution in [2.45, 2.75) is 57.8 Å². The number of hydrogen-bond donors (Lipinski definition) is 0. The van der Waals surface area contributed by atoms with Gasteiger partial charge in [-0.3, -0.25) is 9.97 Å². The van der Waals surface area contributed by atoms with Crippen molar-refractivity contribution >= 4 is 120 Å². The van der Waals surface area contributed by atoms with Gasteiger partial charge in [0.15, 0.2) is 0 Å². The highest BCUT2D eigenvalue weighted by atomic mass is 14.8. The molecule has 0 saturated heterocycles. The highest BCUT2D eigenvalue weighted by Gasteiger charge is 2.44. The molecule has 0 fully saturated rings. The zero-order chi connectivity index (χ0) is 99.5. The van der Waals surface area contributed by atoms with Crippen LogP contribution in [0.5, 0.6) is 0 Å². The minimum Gasteiger partial charge on any atom is -0.256 e. The Labute approximate surface area is 863 Å². The summed E-state index contributed by atoms with van der Waals surface area (Å²) in [6.07, 6.45) is 3.72.